The average Bonchev–Trinajstić information content (AvgIpc) is 2.59. The molecule has 1 aromatic carbocycles. The van der Waals surface area contributed by atoms with E-state index < -0.39 is 0 Å². The van der Waals surface area contributed by atoms with Gasteiger partial charge in [0.2, 0.25) is 0 Å². The predicted octanol–water partition coefficient (Wildman–Crippen LogP) is 6.69. The fourth-order valence-corrected chi connectivity index (χ4v) is 2.91. The van der Waals surface area contributed by atoms with E-state index in [0.29, 0.717) is 11.4 Å². The smallest absolute Gasteiger partial charge is 0.144 e. The summed E-state index contributed by atoms with van der Waals surface area (Å²) in [6.45, 7) is 3.01. The summed E-state index contributed by atoms with van der Waals surface area (Å²) >= 11 is 0. The maximum absolute atomic E-state index is 7.78. The molecule has 3 heteroatoms. The van der Waals surface area contributed by atoms with Crippen molar-refractivity contribution in [2.24, 2.45) is 0 Å². The molecule has 24 heavy (non-hydrogen) atoms. The first kappa shape index (κ1) is 20.7. The van der Waals surface area contributed by atoms with Crippen molar-refractivity contribution >= 4 is 5.69 Å². The van der Waals surface area contributed by atoms with Gasteiger partial charge in [0.1, 0.15) is 11.5 Å². The third-order valence-corrected chi connectivity index (χ3v) is 4.44. The van der Waals surface area contributed by atoms with E-state index in [0.717, 1.165) is 18.8 Å². The number of ether oxygens (including phenoxy) is 2. The molecular formula is C21H36NO2. The van der Waals surface area contributed by atoms with Gasteiger partial charge in [-0.3, -0.25) is 5.73 Å². The van der Waals surface area contributed by atoms with E-state index in [1.54, 1.807) is 19.2 Å². The molecule has 0 aliphatic rings. The molecule has 0 amide bonds. The first-order valence-corrected chi connectivity index (χ1v) is 9.80. The summed E-state index contributed by atoms with van der Waals surface area (Å²) in [5, 5.41) is 0. The molecule has 0 heterocycles. The van der Waals surface area contributed by atoms with Crippen LogP contribution in [0, 0.1) is 0 Å². The summed E-state index contributed by atoms with van der Waals surface area (Å²) in [7, 11) is 1.58. The molecule has 0 aromatic heterocycles. The fourth-order valence-electron chi connectivity index (χ4n) is 2.91. The number of methoxy groups -OCH3 is 1. The van der Waals surface area contributed by atoms with Crippen LogP contribution in [0.1, 0.15) is 84.0 Å². The standard InChI is InChI=1S/C21H36NO2/c1-3-4-5-6-7-8-9-10-11-12-13-14-17-24-19-15-16-21(23-2)20(22)18-19/h15-16,18,22H,3-14,17H2,1-2H3. The fraction of sp³-hybridized carbons (Fsp3) is 0.714. The second-order valence-electron chi connectivity index (χ2n) is 6.60. The Balaban J connectivity index is 1.89. The van der Waals surface area contributed by atoms with Crippen LogP contribution >= 0.6 is 0 Å². The highest BCUT2D eigenvalue weighted by Crippen LogP contribution is 2.27. The van der Waals surface area contributed by atoms with E-state index in [9.17, 15) is 0 Å². The Bertz CT molecular complexity index is 420. The van der Waals surface area contributed by atoms with Crippen LogP contribution < -0.4 is 15.2 Å². The number of unbranched alkanes of at least 4 members (excludes halogenated alkanes) is 11. The first-order valence-electron chi connectivity index (χ1n) is 9.80. The third kappa shape index (κ3) is 9.69. The van der Waals surface area contributed by atoms with Crippen molar-refractivity contribution in [3.8, 4) is 11.5 Å². The molecule has 1 N–H and O–H groups in total. The highest BCUT2D eigenvalue weighted by molar-refractivity contribution is 5.53. The zero-order valence-corrected chi connectivity index (χ0v) is 15.7. The van der Waals surface area contributed by atoms with E-state index >= 15 is 0 Å². The van der Waals surface area contributed by atoms with Gasteiger partial charge in [0.15, 0.2) is 0 Å². The van der Waals surface area contributed by atoms with Crippen molar-refractivity contribution in [2.75, 3.05) is 13.7 Å². The quantitative estimate of drug-likeness (QED) is 0.335. The molecule has 0 saturated carbocycles. The van der Waals surface area contributed by atoms with E-state index in [-0.39, 0.29) is 0 Å². The third-order valence-electron chi connectivity index (χ3n) is 4.44. The lowest BCUT2D eigenvalue weighted by molar-refractivity contribution is 0.303. The van der Waals surface area contributed by atoms with E-state index in [2.05, 4.69) is 6.92 Å². The molecule has 1 aromatic rings. The molecule has 1 radical (unpaired) electrons. The molecule has 137 valence electrons. The Labute approximate surface area is 148 Å². The van der Waals surface area contributed by atoms with Gasteiger partial charge >= 0.3 is 0 Å². The molecular weight excluding hydrogens is 298 g/mol. The van der Waals surface area contributed by atoms with Crippen molar-refractivity contribution in [3.63, 3.8) is 0 Å². The lowest BCUT2D eigenvalue weighted by atomic mass is 10.1. The molecule has 0 bridgehead atoms. The highest BCUT2D eigenvalue weighted by atomic mass is 16.5. The monoisotopic (exact) mass is 334 g/mol. The van der Waals surface area contributed by atoms with E-state index in [1.807, 2.05) is 6.07 Å². The second-order valence-corrected chi connectivity index (χ2v) is 6.60. The maximum atomic E-state index is 7.78. The topological polar surface area (TPSA) is 42.3 Å². The van der Waals surface area contributed by atoms with E-state index in [4.69, 9.17) is 15.2 Å². The number of hydrogen-bond donors (Lipinski definition) is 0. The highest BCUT2D eigenvalue weighted by Gasteiger charge is 2.02. The zero-order chi connectivity index (χ0) is 17.5. The summed E-state index contributed by atoms with van der Waals surface area (Å²) in [6, 6.07) is 5.39. The van der Waals surface area contributed by atoms with E-state index in [1.165, 1.54) is 70.6 Å². The van der Waals surface area contributed by atoms with Crippen LogP contribution in [0.2, 0.25) is 0 Å². The van der Waals surface area contributed by atoms with Crippen LogP contribution in [-0.4, -0.2) is 13.7 Å². The molecule has 0 saturated heterocycles. The lowest BCUT2D eigenvalue weighted by Gasteiger charge is -2.08. The molecule has 0 fully saturated rings. The Morgan fingerprint density at radius 2 is 1.33 bits per heavy atom. The SMILES string of the molecule is CCCCCCCCCCCCCCOc1ccc(OC)c([NH])c1. The summed E-state index contributed by atoms with van der Waals surface area (Å²) in [5.74, 6) is 1.36. The van der Waals surface area contributed by atoms with Gasteiger partial charge in [0, 0.05) is 6.07 Å². The minimum atomic E-state index is 0.379. The zero-order valence-electron chi connectivity index (χ0n) is 15.7. The molecule has 0 unspecified atom stereocenters. The minimum Gasteiger partial charge on any atom is -0.495 e. The number of nitrogens with one attached hydrogen (secondary N) is 1. The predicted molar refractivity (Wildman–Crippen MR) is 102 cm³/mol. The summed E-state index contributed by atoms with van der Waals surface area (Å²) in [5.41, 5.74) is 8.16. The van der Waals surface area contributed by atoms with Crippen molar-refractivity contribution < 1.29 is 9.47 Å². The van der Waals surface area contributed by atoms with Gasteiger partial charge in [-0.15, -0.1) is 0 Å². The summed E-state index contributed by atoms with van der Waals surface area (Å²) in [6.07, 6.45) is 16.2. The number of benzene rings is 1. The Morgan fingerprint density at radius 3 is 1.83 bits per heavy atom. The normalized spacial score (nSPS) is 10.8. The van der Waals surface area contributed by atoms with Crippen LogP contribution in [0.15, 0.2) is 18.2 Å². The molecule has 1 rings (SSSR count). The van der Waals surface area contributed by atoms with Crippen molar-refractivity contribution in [3.05, 3.63) is 18.2 Å². The van der Waals surface area contributed by atoms with Crippen molar-refractivity contribution in [2.45, 2.75) is 84.0 Å². The summed E-state index contributed by atoms with van der Waals surface area (Å²) in [4.78, 5) is 0. The van der Waals surface area contributed by atoms with Crippen LogP contribution in [0.25, 0.3) is 0 Å². The summed E-state index contributed by atoms with van der Waals surface area (Å²) < 4.78 is 10.8. The Hall–Kier alpha value is -1.38. The van der Waals surface area contributed by atoms with Gasteiger partial charge in [0.25, 0.3) is 0 Å². The van der Waals surface area contributed by atoms with Gasteiger partial charge in [-0.2, -0.15) is 0 Å². The number of rotatable bonds is 15. The Morgan fingerprint density at radius 1 is 0.792 bits per heavy atom. The minimum absolute atomic E-state index is 0.379. The largest absolute Gasteiger partial charge is 0.495 e. The van der Waals surface area contributed by atoms with Gasteiger partial charge in [-0.05, 0) is 18.6 Å². The van der Waals surface area contributed by atoms with Crippen LogP contribution in [0.3, 0.4) is 0 Å². The lowest BCUT2D eigenvalue weighted by Crippen LogP contribution is -1.97. The molecule has 0 aliphatic heterocycles. The van der Waals surface area contributed by atoms with Crippen LogP contribution in [0.5, 0.6) is 11.5 Å². The first-order chi connectivity index (χ1) is 11.8. The molecule has 3 nitrogen and oxygen atoms in total. The maximum Gasteiger partial charge on any atom is 0.144 e. The van der Waals surface area contributed by atoms with Crippen molar-refractivity contribution in [1.29, 1.82) is 0 Å². The van der Waals surface area contributed by atoms with Crippen LogP contribution in [-0.2, 0) is 0 Å². The van der Waals surface area contributed by atoms with Gasteiger partial charge < -0.3 is 9.47 Å². The molecule has 0 spiro atoms. The van der Waals surface area contributed by atoms with Gasteiger partial charge in [-0.25, -0.2) is 0 Å². The average molecular weight is 335 g/mol. The molecule has 0 aliphatic carbocycles. The van der Waals surface area contributed by atoms with Crippen molar-refractivity contribution in [1.82, 2.24) is 5.73 Å². The van der Waals surface area contributed by atoms with Crippen LogP contribution in [0.4, 0.5) is 5.69 Å². The molecule has 0 atom stereocenters. The van der Waals surface area contributed by atoms with Gasteiger partial charge in [-0.1, -0.05) is 77.6 Å². The Kier molecular flexibility index (Phi) is 12.1. The number of hydrogen-bond acceptors (Lipinski definition) is 2. The van der Waals surface area contributed by atoms with Gasteiger partial charge in [0.05, 0.1) is 19.4 Å². The second kappa shape index (κ2) is 14.0.